The van der Waals surface area contributed by atoms with E-state index in [-0.39, 0.29) is 18.3 Å². The van der Waals surface area contributed by atoms with Gasteiger partial charge >= 0.3 is 5.97 Å². The van der Waals surface area contributed by atoms with Crippen LogP contribution in [0, 0.1) is 5.82 Å². The molecule has 1 atom stereocenters. The van der Waals surface area contributed by atoms with E-state index in [4.69, 9.17) is 11.6 Å². The van der Waals surface area contributed by atoms with Crippen LogP contribution in [-0.2, 0) is 16.1 Å². The number of ether oxygens (including phenoxy) is 1. The first-order valence-corrected chi connectivity index (χ1v) is 5.56. The van der Waals surface area contributed by atoms with Crippen LogP contribution in [0.15, 0.2) is 18.2 Å². The van der Waals surface area contributed by atoms with Crippen molar-refractivity contribution in [3.8, 4) is 0 Å². The van der Waals surface area contributed by atoms with Crippen molar-refractivity contribution in [1.29, 1.82) is 0 Å². The number of carbonyl (C=O) groups excluding carboxylic acids is 1. The minimum atomic E-state index is -0.448. The summed E-state index contributed by atoms with van der Waals surface area (Å²) in [6, 6.07) is 4.06. The van der Waals surface area contributed by atoms with Crippen molar-refractivity contribution in [2.45, 2.75) is 19.5 Å². The number of halogens is 2. The molecule has 3 nitrogen and oxygen atoms in total. The molecule has 0 saturated carbocycles. The Hall–Kier alpha value is -1.13. The SMILES string of the molecule is COC(=O)C(C)N(C)Cc1c(F)cccc1Cl. The van der Waals surface area contributed by atoms with Crippen LogP contribution in [0.1, 0.15) is 12.5 Å². The molecular formula is C12H15ClFNO2. The van der Waals surface area contributed by atoms with Gasteiger partial charge in [-0.25, -0.2) is 4.39 Å². The summed E-state index contributed by atoms with van der Waals surface area (Å²) in [6.07, 6.45) is 0. The molecule has 1 unspecified atom stereocenters. The zero-order chi connectivity index (χ0) is 13.0. The summed E-state index contributed by atoms with van der Waals surface area (Å²) in [5.41, 5.74) is 0.382. The molecule has 94 valence electrons. The van der Waals surface area contributed by atoms with Crippen LogP contribution >= 0.6 is 11.6 Å². The van der Waals surface area contributed by atoms with Crippen molar-refractivity contribution in [2.24, 2.45) is 0 Å². The topological polar surface area (TPSA) is 29.5 Å². The first kappa shape index (κ1) is 13.9. The number of carbonyl (C=O) groups is 1. The average molecular weight is 260 g/mol. The highest BCUT2D eigenvalue weighted by Gasteiger charge is 2.20. The van der Waals surface area contributed by atoms with Gasteiger partial charge in [0, 0.05) is 17.1 Å². The molecule has 0 spiro atoms. The lowest BCUT2D eigenvalue weighted by atomic mass is 10.2. The van der Waals surface area contributed by atoms with Gasteiger partial charge < -0.3 is 4.74 Å². The number of methoxy groups -OCH3 is 1. The van der Waals surface area contributed by atoms with E-state index >= 15 is 0 Å². The summed E-state index contributed by atoms with van der Waals surface area (Å²) >= 11 is 5.91. The predicted molar refractivity (Wildman–Crippen MR) is 64.4 cm³/mol. The quantitative estimate of drug-likeness (QED) is 0.778. The standard InChI is InChI=1S/C12H15ClFNO2/c1-8(12(16)17-3)15(2)7-9-10(13)5-4-6-11(9)14/h4-6,8H,7H2,1-3H3. The molecule has 0 radical (unpaired) electrons. The van der Waals surface area contributed by atoms with E-state index < -0.39 is 6.04 Å². The molecule has 1 aromatic carbocycles. The Balaban J connectivity index is 2.81. The molecule has 0 aliphatic rings. The molecule has 0 amide bonds. The monoisotopic (exact) mass is 259 g/mol. The van der Waals surface area contributed by atoms with Gasteiger partial charge in [-0.2, -0.15) is 0 Å². The smallest absolute Gasteiger partial charge is 0.322 e. The molecule has 0 aliphatic heterocycles. The summed E-state index contributed by atoms with van der Waals surface area (Å²) in [6.45, 7) is 1.95. The fourth-order valence-electron chi connectivity index (χ4n) is 1.42. The van der Waals surface area contributed by atoms with E-state index in [9.17, 15) is 9.18 Å². The second-order valence-electron chi connectivity index (χ2n) is 3.81. The summed E-state index contributed by atoms with van der Waals surface area (Å²) < 4.78 is 18.2. The average Bonchev–Trinajstić information content (AvgIpc) is 2.31. The number of likely N-dealkylation sites (N-methyl/N-ethyl adjacent to an activating group) is 1. The van der Waals surface area contributed by atoms with Gasteiger partial charge in [-0.1, -0.05) is 17.7 Å². The van der Waals surface area contributed by atoms with Gasteiger partial charge in [0.25, 0.3) is 0 Å². The van der Waals surface area contributed by atoms with Crippen LogP contribution in [0.2, 0.25) is 5.02 Å². The number of hydrogen-bond donors (Lipinski definition) is 0. The fourth-order valence-corrected chi connectivity index (χ4v) is 1.64. The highest BCUT2D eigenvalue weighted by molar-refractivity contribution is 6.31. The molecule has 0 aromatic heterocycles. The number of hydrogen-bond acceptors (Lipinski definition) is 3. The summed E-state index contributed by atoms with van der Waals surface area (Å²) in [4.78, 5) is 13.0. The fraction of sp³-hybridized carbons (Fsp3) is 0.417. The maximum absolute atomic E-state index is 13.5. The first-order valence-electron chi connectivity index (χ1n) is 5.18. The van der Waals surface area contributed by atoms with E-state index in [2.05, 4.69) is 4.74 Å². The Morgan fingerprint density at radius 1 is 1.59 bits per heavy atom. The third kappa shape index (κ3) is 3.41. The Morgan fingerprint density at radius 3 is 2.76 bits per heavy atom. The molecule has 0 saturated heterocycles. The van der Waals surface area contributed by atoms with E-state index in [1.54, 1.807) is 31.0 Å². The van der Waals surface area contributed by atoms with Crippen molar-refractivity contribution < 1.29 is 13.9 Å². The van der Waals surface area contributed by atoms with Crippen molar-refractivity contribution >= 4 is 17.6 Å². The largest absolute Gasteiger partial charge is 0.468 e. The van der Waals surface area contributed by atoms with Crippen LogP contribution in [0.5, 0.6) is 0 Å². The molecule has 0 heterocycles. The van der Waals surface area contributed by atoms with Crippen LogP contribution in [0.25, 0.3) is 0 Å². The van der Waals surface area contributed by atoms with Crippen LogP contribution in [0.4, 0.5) is 4.39 Å². The van der Waals surface area contributed by atoms with E-state index in [1.165, 1.54) is 13.2 Å². The van der Waals surface area contributed by atoms with Crippen LogP contribution in [0.3, 0.4) is 0 Å². The molecule has 5 heteroatoms. The third-order valence-electron chi connectivity index (χ3n) is 2.67. The van der Waals surface area contributed by atoms with Gasteiger partial charge in [0.05, 0.1) is 7.11 Å². The van der Waals surface area contributed by atoms with Gasteiger partial charge in [0.2, 0.25) is 0 Å². The number of esters is 1. The lowest BCUT2D eigenvalue weighted by Crippen LogP contribution is -2.36. The lowest BCUT2D eigenvalue weighted by molar-refractivity contribution is -0.146. The second-order valence-corrected chi connectivity index (χ2v) is 4.22. The van der Waals surface area contributed by atoms with Crippen molar-refractivity contribution in [3.63, 3.8) is 0 Å². The molecule has 0 aliphatic carbocycles. The van der Waals surface area contributed by atoms with Crippen LogP contribution < -0.4 is 0 Å². The van der Waals surface area contributed by atoms with Crippen molar-refractivity contribution in [3.05, 3.63) is 34.6 Å². The number of nitrogens with zero attached hydrogens (tertiary/aromatic N) is 1. The molecule has 1 rings (SSSR count). The predicted octanol–water partition coefficient (Wildman–Crippen LogP) is 2.47. The molecule has 0 bridgehead atoms. The Labute approximate surface area is 105 Å². The second kappa shape index (κ2) is 5.98. The zero-order valence-corrected chi connectivity index (χ0v) is 10.8. The summed E-state index contributed by atoms with van der Waals surface area (Å²) in [5, 5.41) is 0.355. The maximum Gasteiger partial charge on any atom is 0.322 e. The maximum atomic E-state index is 13.5. The third-order valence-corrected chi connectivity index (χ3v) is 3.03. The molecule has 17 heavy (non-hydrogen) atoms. The lowest BCUT2D eigenvalue weighted by Gasteiger charge is -2.23. The minimum Gasteiger partial charge on any atom is -0.468 e. The summed E-state index contributed by atoms with van der Waals surface area (Å²) in [7, 11) is 3.03. The Bertz CT molecular complexity index is 391. The van der Waals surface area contributed by atoms with E-state index in [1.807, 2.05) is 0 Å². The Kier molecular flexibility index (Phi) is 4.90. The highest BCUT2D eigenvalue weighted by Crippen LogP contribution is 2.21. The van der Waals surface area contributed by atoms with E-state index in [0.717, 1.165) is 0 Å². The molecule has 0 fully saturated rings. The van der Waals surface area contributed by atoms with Gasteiger partial charge in [-0.3, -0.25) is 9.69 Å². The normalized spacial score (nSPS) is 12.6. The Morgan fingerprint density at radius 2 is 2.24 bits per heavy atom. The van der Waals surface area contributed by atoms with Crippen molar-refractivity contribution in [1.82, 2.24) is 4.90 Å². The van der Waals surface area contributed by atoms with Gasteiger partial charge in [0.1, 0.15) is 11.9 Å². The number of benzene rings is 1. The first-order chi connectivity index (χ1) is 7.97. The van der Waals surface area contributed by atoms with E-state index in [0.29, 0.717) is 10.6 Å². The van der Waals surface area contributed by atoms with Crippen molar-refractivity contribution in [2.75, 3.05) is 14.2 Å². The highest BCUT2D eigenvalue weighted by atomic mass is 35.5. The van der Waals surface area contributed by atoms with Gasteiger partial charge in [-0.15, -0.1) is 0 Å². The molecule has 0 N–H and O–H groups in total. The van der Waals surface area contributed by atoms with Crippen LogP contribution in [-0.4, -0.2) is 31.1 Å². The number of rotatable bonds is 4. The molecular weight excluding hydrogens is 245 g/mol. The summed E-state index contributed by atoms with van der Waals surface area (Å²) in [5.74, 6) is -0.735. The van der Waals surface area contributed by atoms with Gasteiger partial charge in [-0.05, 0) is 26.1 Å². The molecule has 1 aromatic rings. The minimum absolute atomic E-state index is 0.252. The van der Waals surface area contributed by atoms with Gasteiger partial charge in [0.15, 0.2) is 0 Å². The zero-order valence-electron chi connectivity index (χ0n) is 10.0.